The molecule has 2 N–H and O–H groups in total. The highest BCUT2D eigenvalue weighted by molar-refractivity contribution is 7.99. The van der Waals surface area contributed by atoms with Crippen LogP contribution in [0.3, 0.4) is 0 Å². The number of nitrogens with zero attached hydrogens (tertiary/aromatic N) is 2. The van der Waals surface area contributed by atoms with E-state index in [1.807, 2.05) is 0 Å². The molecule has 0 saturated heterocycles. The molecular weight excluding hydrogens is 322 g/mol. The predicted molar refractivity (Wildman–Crippen MR) is 87.5 cm³/mol. The van der Waals surface area contributed by atoms with Gasteiger partial charge in [0, 0.05) is 10.3 Å². The van der Waals surface area contributed by atoms with Crippen LogP contribution in [0.2, 0.25) is 5.02 Å². The fraction of sp³-hybridized carbons (Fsp3) is 0.467. The monoisotopic (exact) mass is 339 g/mol. The van der Waals surface area contributed by atoms with Gasteiger partial charge in [-0.15, -0.1) is 5.10 Å². The van der Waals surface area contributed by atoms with Crippen LogP contribution in [-0.2, 0) is 0 Å². The maximum Gasteiger partial charge on any atom is 0.209 e. The second-order valence-electron chi connectivity index (χ2n) is 5.32. The van der Waals surface area contributed by atoms with Gasteiger partial charge in [0.15, 0.2) is 5.82 Å². The van der Waals surface area contributed by atoms with E-state index >= 15 is 0 Å². The van der Waals surface area contributed by atoms with Gasteiger partial charge in [-0.1, -0.05) is 36.2 Å². The number of aromatic amines is 1. The zero-order valence-electron chi connectivity index (χ0n) is 12.3. The number of halogens is 1. The fourth-order valence-corrected chi connectivity index (χ4v) is 3.90. The first-order chi connectivity index (χ1) is 10.7. The van der Waals surface area contributed by atoms with Gasteiger partial charge in [0.25, 0.3) is 0 Å². The molecular formula is C15H18ClN3O2S. The number of rotatable bonds is 4. The molecule has 0 aliphatic heterocycles. The minimum Gasteiger partial charge on any atom is -0.496 e. The number of methoxy groups -OCH3 is 1. The molecule has 2 atom stereocenters. The largest absolute Gasteiger partial charge is 0.496 e. The highest BCUT2D eigenvalue weighted by Gasteiger charge is 2.25. The van der Waals surface area contributed by atoms with Crippen molar-refractivity contribution in [3.05, 3.63) is 23.2 Å². The molecule has 1 aliphatic carbocycles. The van der Waals surface area contributed by atoms with Gasteiger partial charge in [-0.2, -0.15) is 0 Å². The molecule has 1 aromatic carbocycles. The lowest BCUT2D eigenvalue weighted by molar-refractivity contribution is 0.137. The molecule has 5 nitrogen and oxygen atoms in total. The summed E-state index contributed by atoms with van der Waals surface area (Å²) in [6.45, 7) is 0. The number of hydrogen-bond donors (Lipinski definition) is 2. The summed E-state index contributed by atoms with van der Waals surface area (Å²) in [5, 5.41) is 18.6. The van der Waals surface area contributed by atoms with E-state index in [9.17, 15) is 5.11 Å². The highest BCUT2D eigenvalue weighted by atomic mass is 35.5. The Morgan fingerprint density at radius 1 is 1.36 bits per heavy atom. The Morgan fingerprint density at radius 2 is 2.18 bits per heavy atom. The first-order valence-electron chi connectivity index (χ1n) is 7.28. The Hall–Kier alpha value is -1.24. The van der Waals surface area contributed by atoms with Crippen molar-refractivity contribution in [3.8, 4) is 17.1 Å². The van der Waals surface area contributed by atoms with Gasteiger partial charge >= 0.3 is 0 Å². The second-order valence-corrected chi connectivity index (χ2v) is 6.96. The molecule has 1 aromatic heterocycles. The van der Waals surface area contributed by atoms with E-state index in [-0.39, 0.29) is 11.4 Å². The summed E-state index contributed by atoms with van der Waals surface area (Å²) in [7, 11) is 1.61. The maximum atomic E-state index is 10.0. The topological polar surface area (TPSA) is 71.0 Å². The molecule has 1 saturated carbocycles. The number of nitrogens with one attached hydrogen (secondary N) is 1. The van der Waals surface area contributed by atoms with Gasteiger partial charge in [0.05, 0.1) is 18.8 Å². The van der Waals surface area contributed by atoms with E-state index in [0.29, 0.717) is 21.8 Å². The number of aliphatic hydroxyl groups excluding tert-OH is 1. The first kappa shape index (κ1) is 15.6. The number of thioether (sulfide) groups is 1. The first-order valence-corrected chi connectivity index (χ1v) is 8.54. The standard InChI is InChI=1S/C15H18ClN3O2S/c1-21-12-7-6-9(16)8-10(12)14-17-15(19-18-14)22-13-5-3-2-4-11(13)20/h6-8,11,13,20H,2-5H2,1H3,(H,17,18,19). The molecule has 1 fully saturated rings. The lowest BCUT2D eigenvalue weighted by Crippen LogP contribution is -2.26. The van der Waals surface area contributed by atoms with Gasteiger partial charge in [-0.05, 0) is 31.0 Å². The lowest BCUT2D eigenvalue weighted by Gasteiger charge is -2.25. The molecule has 1 heterocycles. The van der Waals surface area contributed by atoms with Crippen molar-refractivity contribution in [2.24, 2.45) is 0 Å². The SMILES string of the molecule is COc1ccc(Cl)cc1-c1nc(SC2CCCCC2O)n[nH]1. The van der Waals surface area contributed by atoms with E-state index < -0.39 is 0 Å². The Labute approximate surface area is 138 Å². The van der Waals surface area contributed by atoms with Crippen molar-refractivity contribution in [1.29, 1.82) is 0 Å². The Morgan fingerprint density at radius 3 is 2.95 bits per heavy atom. The van der Waals surface area contributed by atoms with Gasteiger partial charge < -0.3 is 9.84 Å². The molecule has 22 heavy (non-hydrogen) atoms. The third kappa shape index (κ3) is 3.39. The second kappa shape index (κ2) is 6.89. The number of ether oxygens (including phenoxy) is 1. The molecule has 2 unspecified atom stereocenters. The van der Waals surface area contributed by atoms with Crippen molar-refractivity contribution in [2.45, 2.75) is 42.2 Å². The van der Waals surface area contributed by atoms with Crippen LogP contribution in [0.1, 0.15) is 25.7 Å². The van der Waals surface area contributed by atoms with Crippen molar-refractivity contribution in [1.82, 2.24) is 15.2 Å². The molecule has 7 heteroatoms. The minimum absolute atomic E-state index is 0.165. The zero-order valence-corrected chi connectivity index (χ0v) is 13.8. The molecule has 3 rings (SSSR count). The minimum atomic E-state index is -0.276. The van der Waals surface area contributed by atoms with Crippen molar-refractivity contribution in [2.75, 3.05) is 7.11 Å². The molecule has 118 valence electrons. The van der Waals surface area contributed by atoms with Crippen LogP contribution in [0.5, 0.6) is 5.75 Å². The molecule has 0 spiro atoms. The average Bonchev–Trinajstić information content (AvgIpc) is 2.98. The van der Waals surface area contributed by atoms with Crippen LogP contribution < -0.4 is 4.74 Å². The Bertz CT molecular complexity index is 649. The normalized spacial score (nSPS) is 21.8. The van der Waals surface area contributed by atoms with E-state index in [1.165, 1.54) is 11.8 Å². The van der Waals surface area contributed by atoms with Crippen molar-refractivity contribution in [3.63, 3.8) is 0 Å². The van der Waals surface area contributed by atoms with Gasteiger partial charge in [0.2, 0.25) is 5.16 Å². The fourth-order valence-electron chi connectivity index (χ4n) is 2.63. The van der Waals surface area contributed by atoms with Crippen LogP contribution in [0.15, 0.2) is 23.4 Å². The molecule has 0 amide bonds. The number of H-pyrrole nitrogens is 1. The van der Waals surface area contributed by atoms with Crippen LogP contribution >= 0.6 is 23.4 Å². The summed E-state index contributed by atoms with van der Waals surface area (Å²) in [5.74, 6) is 1.31. The van der Waals surface area contributed by atoms with E-state index in [2.05, 4.69) is 15.2 Å². The zero-order chi connectivity index (χ0) is 15.5. The van der Waals surface area contributed by atoms with E-state index in [0.717, 1.165) is 31.2 Å². The summed E-state index contributed by atoms with van der Waals surface area (Å²) in [6.07, 6.45) is 3.82. The molecule has 2 aromatic rings. The number of aliphatic hydroxyl groups is 1. The van der Waals surface area contributed by atoms with Crippen LogP contribution in [-0.4, -0.2) is 38.8 Å². The Kier molecular flexibility index (Phi) is 4.90. The predicted octanol–water partition coefficient (Wildman–Crippen LogP) is 3.53. The maximum absolute atomic E-state index is 10.0. The number of hydrogen-bond acceptors (Lipinski definition) is 5. The van der Waals surface area contributed by atoms with Crippen molar-refractivity contribution >= 4 is 23.4 Å². The molecule has 1 aliphatic rings. The summed E-state index contributed by atoms with van der Waals surface area (Å²) in [5.41, 5.74) is 0.776. The number of benzene rings is 1. The average molecular weight is 340 g/mol. The van der Waals surface area contributed by atoms with Crippen LogP contribution in [0.4, 0.5) is 0 Å². The highest BCUT2D eigenvalue weighted by Crippen LogP contribution is 2.34. The van der Waals surface area contributed by atoms with Crippen LogP contribution in [0.25, 0.3) is 11.4 Å². The summed E-state index contributed by atoms with van der Waals surface area (Å²) < 4.78 is 5.34. The van der Waals surface area contributed by atoms with E-state index in [4.69, 9.17) is 16.3 Å². The molecule has 0 bridgehead atoms. The number of aromatic nitrogens is 3. The third-order valence-corrected chi connectivity index (χ3v) is 5.29. The Balaban J connectivity index is 1.80. The molecule has 0 radical (unpaired) electrons. The van der Waals surface area contributed by atoms with E-state index in [1.54, 1.807) is 25.3 Å². The van der Waals surface area contributed by atoms with Gasteiger partial charge in [0.1, 0.15) is 5.75 Å². The summed E-state index contributed by atoms with van der Waals surface area (Å²) in [6, 6.07) is 5.37. The van der Waals surface area contributed by atoms with Crippen LogP contribution in [0, 0.1) is 0 Å². The summed E-state index contributed by atoms with van der Waals surface area (Å²) >= 11 is 7.58. The quantitative estimate of drug-likeness (QED) is 0.891. The van der Waals surface area contributed by atoms with Crippen molar-refractivity contribution < 1.29 is 9.84 Å². The smallest absolute Gasteiger partial charge is 0.209 e. The third-order valence-electron chi connectivity index (χ3n) is 3.81. The van der Waals surface area contributed by atoms with Gasteiger partial charge in [-0.25, -0.2) is 4.98 Å². The van der Waals surface area contributed by atoms with Gasteiger partial charge in [-0.3, -0.25) is 5.10 Å². The lowest BCUT2D eigenvalue weighted by atomic mass is 9.97. The summed E-state index contributed by atoms with van der Waals surface area (Å²) in [4.78, 5) is 4.51.